The molecular weight excluding hydrogens is 568 g/mol. The third-order valence-electron chi connectivity index (χ3n) is 7.77. The van der Waals surface area contributed by atoms with Crippen molar-refractivity contribution in [1.29, 1.82) is 0 Å². The second-order valence-electron chi connectivity index (χ2n) is 10.9. The standard InChI is InChI=1S/C34H37F2N3O3S/c1-24-31(38-33(41-2)43-24)16-11-27-5-3-4-6-32(27)42-22-30(40)21-39-18-17-37-23-34(39,19-25-7-12-28(35)13-8-25)20-26-9-14-29(36)15-10-26/h3-16,30,37,40H,17-23H2,1-2H3/b16-11+. The second kappa shape index (κ2) is 14.2. The molecule has 0 amide bonds. The van der Waals surface area contributed by atoms with E-state index in [2.05, 4.69) is 15.2 Å². The number of nitrogens with one attached hydrogen (secondary N) is 1. The summed E-state index contributed by atoms with van der Waals surface area (Å²) in [5.74, 6) is 0.111. The Balaban J connectivity index is 1.31. The van der Waals surface area contributed by atoms with Crippen LogP contribution in [0, 0.1) is 18.6 Å². The Morgan fingerprint density at radius 1 is 1.00 bits per heavy atom. The van der Waals surface area contributed by atoms with Gasteiger partial charge < -0.3 is 19.9 Å². The highest BCUT2D eigenvalue weighted by Crippen LogP contribution is 2.30. The lowest BCUT2D eigenvalue weighted by Crippen LogP contribution is -2.65. The fourth-order valence-electron chi connectivity index (χ4n) is 5.58. The summed E-state index contributed by atoms with van der Waals surface area (Å²) in [6.45, 7) is 4.66. The summed E-state index contributed by atoms with van der Waals surface area (Å²) in [4.78, 5) is 7.83. The average Bonchev–Trinajstić information content (AvgIpc) is 3.38. The molecule has 0 spiro atoms. The molecule has 1 aliphatic rings. The van der Waals surface area contributed by atoms with Crippen molar-refractivity contribution in [3.63, 3.8) is 0 Å². The molecule has 1 saturated heterocycles. The predicted molar refractivity (Wildman–Crippen MR) is 168 cm³/mol. The minimum Gasteiger partial charge on any atom is -0.490 e. The third kappa shape index (κ3) is 8.06. The number of halogens is 2. The summed E-state index contributed by atoms with van der Waals surface area (Å²) in [6.07, 6.45) is 4.41. The molecule has 0 aliphatic carbocycles. The van der Waals surface area contributed by atoms with Gasteiger partial charge in [-0.25, -0.2) is 13.8 Å². The summed E-state index contributed by atoms with van der Waals surface area (Å²) < 4.78 is 38.8. The highest BCUT2D eigenvalue weighted by Gasteiger charge is 2.40. The Kier molecular flexibility index (Phi) is 10.2. The van der Waals surface area contributed by atoms with E-state index >= 15 is 0 Å². The monoisotopic (exact) mass is 605 g/mol. The van der Waals surface area contributed by atoms with Crippen LogP contribution in [0.2, 0.25) is 0 Å². The molecule has 43 heavy (non-hydrogen) atoms. The van der Waals surface area contributed by atoms with Crippen molar-refractivity contribution in [2.45, 2.75) is 31.4 Å². The van der Waals surface area contributed by atoms with Crippen LogP contribution in [-0.2, 0) is 12.8 Å². The molecule has 1 fully saturated rings. The largest absolute Gasteiger partial charge is 0.490 e. The van der Waals surface area contributed by atoms with Gasteiger partial charge in [0.2, 0.25) is 0 Å². The molecule has 9 heteroatoms. The van der Waals surface area contributed by atoms with Crippen LogP contribution < -0.4 is 14.8 Å². The van der Waals surface area contributed by atoms with Crippen LogP contribution >= 0.6 is 11.3 Å². The number of aryl methyl sites for hydroxylation is 1. The van der Waals surface area contributed by atoms with Crippen LogP contribution in [0.3, 0.4) is 0 Å². The Hall–Kier alpha value is -3.63. The van der Waals surface area contributed by atoms with Gasteiger partial charge in [0.25, 0.3) is 5.19 Å². The van der Waals surface area contributed by atoms with E-state index in [0.717, 1.165) is 40.4 Å². The number of methoxy groups -OCH3 is 1. The number of aliphatic hydroxyl groups is 1. The van der Waals surface area contributed by atoms with Crippen molar-refractivity contribution in [3.8, 4) is 10.9 Å². The Labute approximate surface area is 255 Å². The van der Waals surface area contributed by atoms with Crippen molar-refractivity contribution < 1.29 is 23.4 Å². The summed E-state index contributed by atoms with van der Waals surface area (Å²) in [5, 5.41) is 15.4. The predicted octanol–water partition coefficient (Wildman–Crippen LogP) is 5.78. The first-order chi connectivity index (χ1) is 20.8. The van der Waals surface area contributed by atoms with Crippen molar-refractivity contribution in [3.05, 3.63) is 112 Å². The molecule has 1 aliphatic heterocycles. The number of para-hydroxylation sites is 1. The SMILES string of the molecule is COc1nc(/C=C/c2ccccc2OCC(O)CN2CCNCC2(Cc2ccc(F)cc2)Cc2ccc(F)cc2)c(C)s1. The number of piperazine rings is 1. The normalized spacial score (nSPS) is 15.9. The van der Waals surface area contributed by atoms with Gasteiger partial charge in [0.15, 0.2) is 0 Å². The highest BCUT2D eigenvalue weighted by atomic mass is 32.1. The fourth-order valence-corrected chi connectivity index (χ4v) is 6.29. The Morgan fingerprint density at radius 2 is 1.65 bits per heavy atom. The minimum absolute atomic E-state index is 0.113. The zero-order valence-corrected chi connectivity index (χ0v) is 25.2. The molecule has 0 bridgehead atoms. The maximum atomic E-state index is 13.7. The lowest BCUT2D eigenvalue weighted by Gasteiger charge is -2.49. The summed E-state index contributed by atoms with van der Waals surface area (Å²) in [5.41, 5.74) is 3.30. The number of benzene rings is 3. The number of nitrogens with zero attached hydrogens (tertiary/aromatic N) is 2. The van der Waals surface area contributed by atoms with E-state index in [4.69, 9.17) is 9.47 Å². The minimum atomic E-state index is -0.763. The van der Waals surface area contributed by atoms with E-state index in [0.29, 0.717) is 36.9 Å². The molecule has 6 nitrogen and oxygen atoms in total. The number of aliphatic hydroxyl groups excluding tert-OH is 1. The Bertz CT molecular complexity index is 1460. The van der Waals surface area contributed by atoms with Gasteiger partial charge >= 0.3 is 0 Å². The van der Waals surface area contributed by atoms with E-state index in [9.17, 15) is 13.9 Å². The second-order valence-corrected chi connectivity index (χ2v) is 12.1. The first-order valence-electron chi connectivity index (χ1n) is 14.4. The molecule has 0 radical (unpaired) electrons. The van der Waals surface area contributed by atoms with Crippen molar-refractivity contribution in [2.75, 3.05) is 39.9 Å². The van der Waals surface area contributed by atoms with Gasteiger partial charge in [-0.3, -0.25) is 4.90 Å². The van der Waals surface area contributed by atoms with Gasteiger partial charge in [-0.05, 0) is 73.4 Å². The van der Waals surface area contributed by atoms with Crippen LogP contribution in [0.5, 0.6) is 10.9 Å². The van der Waals surface area contributed by atoms with E-state index in [1.807, 2.05) is 67.6 Å². The molecule has 226 valence electrons. The molecule has 2 N–H and O–H groups in total. The third-order valence-corrected chi connectivity index (χ3v) is 8.71. The molecule has 4 aromatic rings. The van der Waals surface area contributed by atoms with E-state index in [-0.39, 0.29) is 18.2 Å². The van der Waals surface area contributed by atoms with E-state index in [1.165, 1.54) is 35.6 Å². The van der Waals surface area contributed by atoms with Crippen molar-refractivity contribution in [1.82, 2.24) is 15.2 Å². The number of hydrogen-bond donors (Lipinski definition) is 2. The zero-order valence-electron chi connectivity index (χ0n) is 24.4. The average molecular weight is 606 g/mol. The van der Waals surface area contributed by atoms with Gasteiger partial charge in [-0.1, -0.05) is 53.8 Å². The van der Waals surface area contributed by atoms with E-state index in [1.54, 1.807) is 7.11 Å². The first-order valence-corrected chi connectivity index (χ1v) is 15.2. The fraction of sp³-hybridized carbons (Fsp3) is 0.324. The topological polar surface area (TPSA) is 66.8 Å². The molecular formula is C34H37F2N3O3S. The molecule has 1 aromatic heterocycles. The summed E-state index contributed by atoms with van der Waals surface area (Å²) in [6, 6.07) is 20.8. The maximum Gasteiger partial charge on any atom is 0.273 e. The number of ether oxygens (including phenoxy) is 2. The van der Waals surface area contributed by atoms with Gasteiger partial charge in [-0.15, -0.1) is 0 Å². The van der Waals surface area contributed by atoms with Gasteiger partial charge in [-0.2, -0.15) is 0 Å². The van der Waals surface area contributed by atoms with Crippen molar-refractivity contribution >= 4 is 23.5 Å². The number of β-amino-alcohol motifs (C(OH)–C–C–N with tert-alkyl or cyclic N) is 1. The zero-order chi connectivity index (χ0) is 30.2. The Morgan fingerprint density at radius 3 is 2.28 bits per heavy atom. The molecule has 0 saturated carbocycles. The smallest absolute Gasteiger partial charge is 0.273 e. The van der Waals surface area contributed by atoms with Crippen LogP contribution in [0.25, 0.3) is 12.2 Å². The van der Waals surface area contributed by atoms with Gasteiger partial charge in [0, 0.05) is 42.2 Å². The number of thiazole rings is 1. The molecule has 1 unspecified atom stereocenters. The lowest BCUT2D eigenvalue weighted by atomic mass is 9.81. The molecule has 1 atom stereocenters. The lowest BCUT2D eigenvalue weighted by molar-refractivity contribution is -0.0000754. The van der Waals surface area contributed by atoms with Gasteiger partial charge in [0.05, 0.1) is 12.8 Å². The highest BCUT2D eigenvalue weighted by molar-refractivity contribution is 7.13. The first kappa shape index (κ1) is 30.8. The molecule has 5 rings (SSSR count). The van der Waals surface area contributed by atoms with Crippen LogP contribution in [-0.4, -0.2) is 66.5 Å². The molecule has 3 aromatic carbocycles. The molecule has 2 heterocycles. The van der Waals surface area contributed by atoms with E-state index < -0.39 is 11.6 Å². The quantitative estimate of drug-likeness (QED) is 0.214. The summed E-state index contributed by atoms with van der Waals surface area (Å²) >= 11 is 1.49. The van der Waals surface area contributed by atoms with Crippen LogP contribution in [0.4, 0.5) is 8.78 Å². The summed E-state index contributed by atoms with van der Waals surface area (Å²) in [7, 11) is 1.61. The van der Waals surface area contributed by atoms with Gasteiger partial charge in [0.1, 0.15) is 30.1 Å². The van der Waals surface area contributed by atoms with Crippen molar-refractivity contribution in [2.24, 2.45) is 0 Å². The van der Waals surface area contributed by atoms with Crippen LogP contribution in [0.15, 0.2) is 72.8 Å². The number of rotatable bonds is 12. The number of aromatic nitrogens is 1. The van der Waals surface area contributed by atoms with Crippen LogP contribution in [0.1, 0.15) is 27.3 Å². The number of hydrogen-bond acceptors (Lipinski definition) is 7. The maximum absolute atomic E-state index is 13.7.